The predicted molar refractivity (Wildman–Crippen MR) is 61.2 cm³/mol. The minimum atomic E-state index is 0.449. The zero-order valence-electron chi connectivity index (χ0n) is 8.21. The largest absolute Gasteiger partial charge is 0.297 e. The van der Waals surface area contributed by atoms with Crippen LogP contribution in [-0.4, -0.2) is 19.4 Å². The molecule has 0 radical (unpaired) electrons. The molecule has 0 saturated heterocycles. The van der Waals surface area contributed by atoms with Crippen molar-refractivity contribution in [2.24, 2.45) is 0 Å². The molecule has 0 amide bonds. The third-order valence-corrected chi connectivity index (χ3v) is 2.58. The zero-order valence-corrected chi connectivity index (χ0v) is 8.96. The van der Waals surface area contributed by atoms with Gasteiger partial charge >= 0.3 is 0 Å². The van der Waals surface area contributed by atoms with Gasteiger partial charge in [0, 0.05) is 12.4 Å². The van der Waals surface area contributed by atoms with Crippen LogP contribution in [0.1, 0.15) is 0 Å². The fourth-order valence-electron chi connectivity index (χ4n) is 1.63. The minimum absolute atomic E-state index is 0.449. The standard InChI is InChI=1S/C11H7ClN4/c12-11-10(8-4-5-13-7-14-8)16-6-2-1-3-9(16)15-11/h1-7H. The van der Waals surface area contributed by atoms with Gasteiger partial charge in [0.2, 0.25) is 0 Å². The average molecular weight is 231 g/mol. The van der Waals surface area contributed by atoms with E-state index in [2.05, 4.69) is 15.0 Å². The van der Waals surface area contributed by atoms with Gasteiger partial charge in [-0.15, -0.1) is 0 Å². The molecule has 3 rings (SSSR count). The van der Waals surface area contributed by atoms with Crippen LogP contribution in [0.2, 0.25) is 5.15 Å². The van der Waals surface area contributed by atoms with Crippen LogP contribution in [0.3, 0.4) is 0 Å². The highest BCUT2D eigenvalue weighted by molar-refractivity contribution is 6.32. The van der Waals surface area contributed by atoms with E-state index in [-0.39, 0.29) is 0 Å². The van der Waals surface area contributed by atoms with Crippen LogP contribution in [0.4, 0.5) is 0 Å². The van der Waals surface area contributed by atoms with Gasteiger partial charge in [0.25, 0.3) is 0 Å². The van der Waals surface area contributed by atoms with Crippen LogP contribution in [0, 0.1) is 0 Å². The van der Waals surface area contributed by atoms with E-state index >= 15 is 0 Å². The Bertz CT molecular complexity index is 633. The molecule has 3 heterocycles. The third-order valence-electron chi connectivity index (χ3n) is 2.31. The average Bonchev–Trinajstić information content (AvgIpc) is 2.66. The lowest BCUT2D eigenvalue weighted by atomic mass is 10.3. The SMILES string of the molecule is Clc1nc2ccccn2c1-c1ccncn1. The lowest BCUT2D eigenvalue weighted by molar-refractivity contribution is 1.13. The zero-order chi connectivity index (χ0) is 11.0. The van der Waals surface area contributed by atoms with Crippen molar-refractivity contribution in [3.63, 3.8) is 0 Å². The van der Waals surface area contributed by atoms with Crippen LogP contribution >= 0.6 is 11.6 Å². The molecular weight excluding hydrogens is 224 g/mol. The molecule has 5 heteroatoms. The molecule has 3 aromatic rings. The predicted octanol–water partition coefficient (Wildman–Crippen LogP) is 2.44. The number of hydrogen-bond donors (Lipinski definition) is 0. The molecule has 0 atom stereocenters. The van der Waals surface area contributed by atoms with Gasteiger partial charge < -0.3 is 0 Å². The van der Waals surface area contributed by atoms with Gasteiger partial charge in [-0.05, 0) is 18.2 Å². The molecule has 0 bridgehead atoms. The highest BCUT2D eigenvalue weighted by Crippen LogP contribution is 2.26. The molecule has 3 aromatic heterocycles. The van der Waals surface area contributed by atoms with E-state index in [0.29, 0.717) is 5.15 Å². The van der Waals surface area contributed by atoms with Gasteiger partial charge in [-0.2, -0.15) is 0 Å². The van der Waals surface area contributed by atoms with Crippen LogP contribution in [0.15, 0.2) is 43.0 Å². The van der Waals surface area contributed by atoms with Gasteiger partial charge in [-0.1, -0.05) is 17.7 Å². The Morgan fingerprint density at radius 2 is 2.12 bits per heavy atom. The van der Waals surface area contributed by atoms with Crippen molar-refractivity contribution in [3.8, 4) is 11.4 Å². The Balaban J connectivity index is 2.35. The molecule has 0 aliphatic heterocycles. The van der Waals surface area contributed by atoms with Crippen molar-refractivity contribution in [2.45, 2.75) is 0 Å². The first kappa shape index (κ1) is 9.30. The van der Waals surface area contributed by atoms with Gasteiger partial charge in [-0.3, -0.25) is 4.40 Å². The molecule has 0 saturated carbocycles. The molecule has 78 valence electrons. The summed E-state index contributed by atoms with van der Waals surface area (Å²) in [6, 6.07) is 7.55. The highest BCUT2D eigenvalue weighted by atomic mass is 35.5. The second-order valence-corrected chi connectivity index (χ2v) is 3.63. The lowest BCUT2D eigenvalue weighted by Gasteiger charge is -2.00. The Morgan fingerprint density at radius 1 is 1.19 bits per heavy atom. The van der Waals surface area contributed by atoms with Crippen LogP contribution in [0.5, 0.6) is 0 Å². The quantitative estimate of drug-likeness (QED) is 0.645. The number of nitrogens with zero attached hydrogens (tertiary/aromatic N) is 4. The maximum atomic E-state index is 6.11. The summed E-state index contributed by atoms with van der Waals surface area (Å²) in [6.07, 6.45) is 5.08. The summed E-state index contributed by atoms with van der Waals surface area (Å²) in [6.45, 7) is 0. The van der Waals surface area contributed by atoms with Crippen molar-refractivity contribution in [3.05, 3.63) is 48.1 Å². The highest BCUT2D eigenvalue weighted by Gasteiger charge is 2.12. The van der Waals surface area contributed by atoms with Gasteiger partial charge in [0.1, 0.15) is 17.7 Å². The summed E-state index contributed by atoms with van der Waals surface area (Å²) < 4.78 is 1.91. The third kappa shape index (κ3) is 1.35. The number of pyridine rings is 1. The summed E-state index contributed by atoms with van der Waals surface area (Å²) >= 11 is 6.11. The van der Waals surface area contributed by atoms with E-state index in [0.717, 1.165) is 17.0 Å². The molecule has 0 fully saturated rings. The molecule has 0 aliphatic carbocycles. The lowest BCUT2D eigenvalue weighted by Crippen LogP contribution is -1.90. The Hall–Kier alpha value is -1.94. The van der Waals surface area contributed by atoms with Crippen LogP contribution in [0.25, 0.3) is 17.0 Å². The summed E-state index contributed by atoms with van der Waals surface area (Å²) in [7, 11) is 0. The monoisotopic (exact) mass is 230 g/mol. The van der Waals surface area contributed by atoms with Crippen molar-refractivity contribution >= 4 is 17.2 Å². The Morgan fingerprint density at radius 3 is 2.94 bits per heavy atom. The fraction of sp³-hybridized carbons (Fsp3) is 0. The van der Waals surface area contributed by atoms with Gasteiger partial charge in [-0.25, -0.2) is 15.0 Å². The first-order chi connectivity index (χ1) is 7.86. The maximum Gasteiger partial charge on any atom is 0.157 e. The number of imidazole rings is 1. The molecule has 0 aromatic carbocycles. The first-order valence-corrected chi connectivity index (χ1v) is 5.13. The minimum Gasteiger partial charge on any atom is -0.297 e. The van der Waals surface area contributed by atoms with E-state index in [1.165, 1.54) is 6.33 Å². The van der Waals surface area contributed by atoms with E-state index < -0.39 is 0 Å². The van der Waals surface area contributed by atoms with Crippen LogP contribution < -0.4 is 0 Å². The topological polar surface area (TPSA) is 43.1 Å². The Kier molecular flexibility index (Phi) is 2.08. The van der Waals surface area contributed by atoms with E-state index in [1.54, 1.807) is 6.20 Å². The fourth-order valence-corrected chi connectivity index (χ4v) is 1.90. The smallest absolute Gasteiger partial charge is 0.157 e. The molecule has 16 heavy (non-hydrogen) atoms. The normalized spacial score (nSPS) is 10.8. The first-order valence-electron chi connectivity index (χ1n) is 4.75. The maximum absolute atomic E-state index is 6.11. The van der Waals surface area contributed by atoms with E-state index in [1.807, 2.05) is 34.9 Å². The number of hydrogen-bond acceptors (Lipinski definition) is 3. The second-order valence-electron chi connectivity index (χ2n) is 3.27. The van der Waals surface area contributed by atoms with E-state index in [9.17, 15) is 0 Å². The van der Waals surface area contributed by atoms with Crippen molar-refractivity contribution in [1.82, 2.24) is 19.4 Å². The molecule has 4 nitrogen and oxygen atoms in total. The van der Waals surface area contributed by atoms with Crippen molar-refractivity contribution in [1.29, 1.82) is 0 Å². The summed E-state index contributed by atoms with van der Waals surface area (Å²) in [5, 5.41) is 0.449. The molecular formula is C11H7ClN4. The van der Waals surface area contributed by atoms with Gasteiger partial charge in [0.15, 0.2) is 5.15 Å². The van der Waals surface area contributed by atoms with E-state index in [4.69, 9.17) is 11.6 Å². The number of halogens is 1. The molecule has 0 spiro atoms. The molecule has 0 N–H and O–H groups in total. The number of fused-ring (bicyclic) bond motifs is 1. The summed E-state index contributed by atoms with van der Waals surface area (Å²) in [5.74, 6) is 0. The van der Waals surface area contributed by atoms with Crippen molar-refractivity contribution in [2.75, 3.05) is 0 Å². The van der Waals surface area contributed by atoms with Crippen molar-refractivity contribution < 1.29 is 0 Å². The van der Waals surface area contributed by atoms with Gasteiger partial charge in [0.05, 0.1) is 5.69 Å². The Labute approximate surface area is 96.6 Å². The molecule has 0 unspecified atom stereocenters. The molecule has 0 aliphatic rings. The van der Waals surface area contributed by atoms with Crippen LogP contribution in [-0.2, 0) is 0 Å². The number of aromatic nitrogens is 4. The summed E-state index contributed by atoms with van der Waals surface area (Å²) in [4.78, 5) is 12.3. The second kappa shape index (κ2) is 3.57. The summed E-state index contributed by atoms with van der Waals surface area (Å²) in [5.41, 5.74) is 2.36. The number of rotatable bonds is 1.